The lowest BCUT2D eigenvalue weighted by Crippen LogP contribution is -2.26. The first-order chi connectivity index (χ1) is 9.76. The van der Waals surface area contributed by atoms with E-state index in [0.29, 0.717) is 12.0 Å². The van der Waals surface area contributed by atoms with Crippen LogP contribution in [0.2, 0.25) is 0 Å². The molecule has 1 nitrogen and oxygen atoms in total. The van der Waals surface area contributed by atoms with Gasteiger partial charge in [-0.1, -0.05) is 72.2 Å². The van der Waals surface area contributed by atoms with Crippen LogP contribution in [0.15, 0.2) is 59.1 Å². The monoisotopic (exact) mass is 331 g/mol. The third-order valence-electron chi connectivity index (χ3n) is 3.72. The zero-order valence-electron chi connectivity index (χ0n) is 12.1. The summed E-state index contributed by atoms with van der Waals surface area (Å²) in [6.07, 6.45) is 1.12. The Hall–Kier alpha value is -1.12. The van der Waals surface area contributed by atoms with E-state index in [9.17, 15) is 0 Å². The number of nitrogens with one attached hydrogen (secondary N) is 1. The van der Waals surface area contributed by atoms with E-state index in [1.54, 1.807) is 0 Å². The summed E-state index contributed by atoms with van der Waals surface area (Å²) in [5.74, 6) is 0.498. The van der Waals surface area contributed by atoms with Gasteiger partial charge >= 0.3 is 0 Å². The van der Waals surface area contributed by atoms with E-state index in [4.69, 9.17) is 0 Å². The molecule has 0 heterocycles. The summed E-state index contributed by atoms with van der Waals surface area (Å²) < 4.78 is 1.13. The third-order valence-corrected chi connectivity index (χ3v) is 4.25. The molecule has 20 heavy (non-hydrogen) atoms. The third kappa shape index (κ3) is 3.71. The van der Waals surface area contributed by atoms with Gasteiger partial charge in [-0.3, -0.25) is 0 Å². The van der Waals surface area contributed by atoms with E-state index in [2.05, 4.69) is 89.7 Å². The van der Waals surface area contributed by atoms with Crippen molar-refractivity contribution in [1.82, 2.24) is 5.32 Å². The maximum atomic E-state index is 3.65. The fraction of sp³-hybridized carbons (Fsp3) is 0.333. The number of hydrogen-bond acceptors (Lipinski definition) is 1. The minimum Gasteiger partial charge on any atom is -0.310 e. The maximum Gasteiger partial charge on any atom is 0.0389 e. The maximum absolute atomic E-state index is 3.65. The molecular weight excluding hydrogens is 310 g/mol. The van der Waals surface area contributed by atoms with Gasteiger partial charge < -0.3 is 5.32 Å². The fourth-order valence-corrected chi connectivity index (χ4v) is 3.01. The van der Waals surface area contributed by atoms with Crippen LogP contribution in [-0.4, -0.2) is 6.54 Å². The van der Waals surface area contributed by atoms with Crippen LogP contribution in [0.3, 0.4) is 0 Å². The normalized spacial score (nSPS) is 13.9. The van der Waals surface area contributed by atoms with Gasteiger partial charge in [0.1, 0.15) is 0 Å². The zero-order chi connectivity index (χ0) is 14.4. The minimum absolute atomic E-state index is 0.362. The standard InChI is InChI=1S/C18H22BrN/c1-3-17(14-8-6-5-7-9-14)18(20-4-2)15-10-12-16(19)13-11-15/h5-13,17-18,20H,3-4H2,1-2H3. The Morgan fingerprint density at radius 3 is 2.10 bits per heavy atom. The molecule has 0 aliphatic rings. The van der Waals surface area contributed by atoms with E-state index < -0.39 is 0 Å². The number of rotatable bonds is 6. The molecule has 0 radical (unpaired) electrons. The van der Waals surface area contributed by atoms with Crippen molar-refractivity contribution in [3.05, 3.63) is 70.2 Å². The molecule has 0 aromatic heterocycles. The molecule has 2 aromatic rings. The second-order valence-electron chi connectivity index (χ2n) is 5.01. The smallest absolute Gasteiger partial charge is 0.0389 e. The first-order valence-corrected chi connectivity index (χ1v) is 8.09. The zero-order valence-corrected chi connectivity index (χ0v) is 13.7. The van der Waals surface area contributed by atoms with Crippen LogP contribution in [0.1, 0.15) is 43.4 Å². The summed E-state index contributed by atoms with van der Waals surface area (Å²) in [5.41, 5.74) is 2.76. The predicted molar refractivity (Wildman–Crippen MR) is 90.0 cm³/mol. The number of hydrogen-bond donors (Lipinski definition) is 1. The Balaban J connectivity index is 2.33. The molecule has 0 spiro atoms. The molecule has 0 fully saturated rings. The van der Waals surface area contributed by atoms with E-state index in [0.717, 1.165) is 17.4 Å². The van der Waals surface area contributed by atoms with Gasteiger partial charge in [0.2, 0.25) is 0 Å². The van der Waals surface area contributed by atoms with Crippen LogP contribution in [0.5, 0.6) is 0 Å². The largest absolute Gasteiger partial charge is 0.310 e. The molecular formula is C18H22BrN. The Bertz CT molecular complexity index is 507. The predicted octanol–water partition coefficient (Wildman–Crippen LogP) is 5.29. The lowest BCUT2D eigenvalue weighted by Gasteiger charge is -2.28. The molecule has 0 saturated heterocycles. The van der Waals surface area contributed by atoms with Crippen molar-refractivity contribution in [2.24, 2.45) is 0 Å². The van der Waals surface area contributed by atoms with Crippen molar-refractivity contribution in [1.29, 1.82) is 0 Å². The molecule has 1 N–H and O–H groups in total. The van der Waals surface area contributed by atoms with Crippen LogP contribution >= 0.6 is 15.9 Å². The molecule has 0 bridgehead atoms. The van der Waals surface area contributed by atoms with Crippen molar-refractivity contribution in [2.75, 3.05) is 6.54 Å². The quantitative estimate of drug-likeness (QED) is 0.757. The SMILES string of the molecule is CCNC(c1ccc(Br)cc1)C(CC)c1ccccc1. The van der Waals surface area contributed by atoms with E-state index in [-0.39, 0.29) is 0 Å². The lowest BCUT2D eigenvalue weighted by atomic mass is 9.85. The second kappa shape index (κ2) is 7.61. The highest BCUT2D eigenvalue weighted by Crippen LogP contribution is 2.34. The van der Waals surface area contributed by atoms with Gasteiger partial charge in [-0.25, -0.2) is 0 Å². The summed E-state index contributed by atoms with van der Waals surface area (Å²) in [7, 11) is 0. The van der Waals surface area contributed by atoms with Crippen molar-refractivity contribution in [3.63, 3.8) is 0 Å². The molecule has 0 aliphatic heterocycles. The molecule has 2 aromatic carbocycles. The van der Waals surface area contributed by atoms with Crippen molar-refractivity contribution >= 4 is 15.9 Å². The summed E-state index contributed by atoms with van der Waals surface area (Å²) in [6, 6.07) is 19.8. The van der Waals surface area contributed by atoms with E-state index in [1.165, 1.54) is 11.1 Å². The molecule has 0 aliphatic carbocycles. The number of likely N-dealkylation sites (N-methyl/N-ethyl adjacent to an activating group) is 1. The Morgan fingerprint density at radius 2 is 1.55 bits per heavy atom. The number of benzene rings is 2. The minimum atomic E-state index is 0.362. The van der Waals surface area contributed by atoms with Gasteiger partial charge in [-0.15, -0.1) is 0 Å². The Morgan fingerprint density at radius 1 is 0.900 bits per heavy atom. The van der Waals surface area contributed by atoms with Crippen LogP contribution in [0.4, 0.5) is 0 Å². The van der Waals surface area contributed by atoms with Crippen LogP contribution in [-0.2, 0) is 0 Å². The van der Waals surface area contributed by atoms with Gasteiger partial charge in [-0.05, 0) is 36.2 Å². The van der Waals surface area contributed by atoms with Crippen LogP contribution in [0, 0.1) is 0 Å². The van der Waals surface area contributed by atoms with E-state index in [1.807, 2.05) is 0 Å². The van der Waals surface area contributed by atoms with Gasteiger partial charge in [0, 0.05) is 16.4 Å². The van der Waals surface area contributed by atoms with Gasteiger partial charge in [0.25, 0.3) is 0 Å². The topological polar surface area (TPSA) is 12.0 Å². The Labute approximate surface area is 130 Å². The molecule has 2 unspecified atom stereocenters. The summed E-state index contributed by atoms with van der Waals surface area (Å²) in [5, 5.41) is 3.65. The summed E-state index contributed by atoms with van der Waals surface area (Å²) >= 11 is 3.51. The molecule has 2 atom stereocenters. The molecule has 2 rings (SSSR count). The second-order valence-corrected chi connectivity index (χ2v) is 5.93. The van der Waals surface area contributed by atoms with Gasteiger partial charge in [-0.2, -0.15) is 0 Å². The lowest BCUT2D eigenvalue weighted by molar-refractivity contribution is 0.445. The molecule has 106 valence electrons. The van der Waals surface area contributed by atoms with Crippen LogP contribution < -0.4 is 5.32 Å². The molecule has 0 amide bonds. The fourth-order valence-electron chi connectivity index (χ4n) is 2.75. The Kier molecular flexibility index (Phi) is 5.81. The van der Waals surface area contributed by atoms with Crippen molar-refractivity contribution < 1.29 is 0 Å². The summed E-state index contributed by atoms with van der Waals surface area (Å²) in [6.45, 7) is 5.41. The first-order valence-electron chi connectivity index (χ1n) is 7.30. The number of halogens is 1. The highest BCUT2D eigenvalue weighted by molar-refractivity contribution is 9.10. The van der Waals surface area contributed by atoms with Gasteiger partial charge in [0.15, 0.2) is 0 Å². The average molecular weight is 332 g/mol. The highest BCUT2D eigenvalue weighted by Gasteiger charge is 2.22. The summed E-state index contributed by atoms with van der Waals surface area (Å²) in [4.78, 5) is 0. The first kappa shape index (κ1) is 15.3. The van der Waals surface area contributed by atoms with E-state index >= 15 is 0 Å². The van der Waals surface area contributed by atoms with Crippen molar-refractivity contribution in [3.8, 4) is 0 Å². The molecule has 2 heteroatoms. The highest BCUT2D eigenvalue weighted by atomic mass is 79.9. The van der Waals surface area contributed by atoms with Crippen molar-refractivity contribution in [2.45, 2.75) is 32.2 Å². The molecule has 0 saturated carbocycles. The van der Waals surface area contributed by atoms with Crippen LogP contribution in [0.25, 0.3) is 0 Å². The van der Waals surface area contributed by atoms with Gasteiger partial charge in [0.05, 0.1) is 0 Å². The average Bonchev–Trinajstić information content (AvgIpc) is 2.49.